The summed E-state index contributed by atoms with van der Waals surface area (Å²) in [4.78, 5) is 31.2. The molecule has 2 atom stereocenters. The van der Waals surface area contributed by atoms with Gasteiger partial charge in [0.1, 0.15) is 0 Å². The molecule has 1 unspecified atom stereocenters. The van der Waals surface area contributed by atoms with Gasteiger partial charge < -0.3 is 20.0 Å². The summed E-state index contributed by atoms with van der Waals surface area (Å²) >= 11 is 0. The molecule has 3 saturated heterocycles. The molecule has 6 nitrogen and oxygen atoms in total. The van der Waals surface area contributed by atoms with Crippen molar-refractivity contribution in [3.05, 3.63) is 0 Å². The van der Waals surface area contributed by atoms with E-state index in [4.69, 9.17) is 0 Å². The zero-order chi connectivity index (χ0) is 15.5. The fourth-order valence-corrected chi connectivity index (χ4v) is 3.86. The van der Waals surface area contributed by atoms with E-state index in [0.717, 1.165) is 65.0 Å². The van der Waals surface area contributed by atoms with Crippen molar-refractivity contribution in [2.24, 2.45) is 5.92 Å². The second kappa shape index (κ2) is 8.20. The summed E-state index contributed by atoms with van der Waals surface area (Å²) in [6, 6.07) is 0.397. The van der Waals surface area contributed by atoms with Crippen molar-refractivity contribution in [3.63, 3.8) is 0 Å². The van der Waals surface area contributed by atoms with Crippen LogP contribution >= 0.6 is 12.4 Å². The lowest BCUT2D eigenvalue weighted by molar-refractivity contribution is -0.139. The fraction of sp³-hybridized carbons (Fsp3) is 0.875. The van der Waals surface area contributed by atoms with Gasteiger partial charge in [-0.3, -0.25) is 4.79 Å². The van der Waals surface area contributed by atoms with Gasteiger partial charge in [0, 0.05) is 51.9 Å². The Balaban J connectivity index is 0.00000192. The predicted octanol–water partition coefficient (Wildman–Crippen LogP) is 1.16. The van der Waals surface area contributed by atoms with Crippen LogP contribution in [0, 0.1) is 5.92 Å². The molecule has 0 aromatic heterocycles. The second-order valence-corrected chi connectivity index (χ2v) is 6.85. The summed E-state index contributed by atoms with van der Waals surface area (Å²) in [7, 11) is 0. The molecule has 0 aromatic rings. The zero-order valence-corrected chi connectivity index (χ0v) is 14.8. The summed E-state index contributed by atoms with van der Waals surface area (Å²) in [5.41, 5.74) is 0. The SMILES string of the molecule is C[C@@H]1CNCCN1C(=O)C1CCCN(C(=O)N2CCCC2)C1.Cl. The molecule has 0 aromatic carbocycles. The van der Waals surface area contributed by atoms with Crippen molar-refractivity contribution < 1.29 is 9.59 Å². The van der Waals surface area contributed by atoms with Crippen molar-refractivity contribution in [2.45, 2.75) is 38.6 Å². The number of likely N-dealkylation sites (tertiary alicyclic amines) is 2. The standard InChI is InChI=1S/C16H28N4O2.ClH/c1-13-11-17-6-10-20(13)15(21)14-5-4-9-19(12-14)16(22)18-7-2-3-8-18;/h13-14,17H,2-12H2,1H3;1H/t13-,14?;/m1./s1. The minimum atomic E-state index is -0.0131. The Hall–Kier alpha value is -1.01. The first kappa shape index (κ1) is 18.3. The van der Waals surface area contributed by atoms with Crippen molar-refractivity contribution in [1.82, 2.24) is 20.0 Å². The molecule has 1 N–H and O–H groups in total. The smallest absolute Gasteiger partial charge is 0.320 e. The maximum atomic E-state index is 12.8. The van der Waals surface area contributed by atoms with E-state index in [1.54, 1.807) is 0 Å². The molecule has 0 saturated carbocycles. The first-order chi connectivity index (χ1) is 10.7. The number of rotatable bonds is 1. The van der Waals surface area contributed by atoms with Gasteiger partial charge in [-0.25, -0.2) is 4.79 Å². The molecule has 3 aliphatic rings. The maximum Gasteiger partial charge on any atom is 0.320 e. The van der Waals surface area contributed by atoms with E-state index in [0.29, 0.717) is 6.54 Å². The number of amides is 3. The van der Waals surface area contributed by atoms with Crippen LogP contribution in [0.4, 0.5) is 4.79 Å². The van der Waals surface area contributed by atoms with Crippen molar-refractivity contribution in [3.8, 4) is 0 Å². The molecular formula is C16H29ClN4O2. The van der Waals surface area contributed by atoms with Gasteiger partial charge in [-0.05, 0) is 32.6 Å². The third-order valence-corrected chi connectivity index (χ3v) is 5.20. The molecule has 3 amide bonds. The van der Waals surface area contributed by atoms with E-state index >= 15 is 0 Å². The van der Waals surface area contributed by atoms with E-state index in [1.807, 2.05) is 14.7 Å². The van der Waals surface area contributed by atoms with Crippen molar-refractivity contribution in [2.75, 3.05) is 45.8 Å². The monoisotopic (exact) mass is 344 g/mol. The van der Waals surface area contributed by atoms with Gasteiger partial charge in [0.05, 0.1) is 5.92 Å². The minimum Gasteiger partial charge on any atom is -0.337 e. The quantitative estimate of drug-likeness (QED) is 0.776. The Kier molecular flexibility index (Phi) is 6.53. The summed E-state index contributed by atoms with van der Waals surface area (Å²) in [6.07, 6.45) is 4.08. The average Bonchev–Trinajstić information content (AvgIpc) is 3.08. The molecule has 3 fully saturated rings. The third kappa shape index (κ3) is 4.10. The topological polar surface area (TPSA) is 55.9 Å². The number of nitrogens with zero attached hydrogens (tertiary/aromatic N) is 3. The average molecular weight is 345 g/mol. The molecule has 0 bridgehead atoms. The number of nitrogens with one attached hydrogen (secondary N) is 1. The van der Waals surface area contributed by atoms with Gasteiger partial charge in [0.15, 0.2) is 0 Å². The Bertz CT molecular complexity index is 428. The third-order valence-electron chi connectivity index (χ3n) is 5.20. The summed E-state index contributed by atoms with van der Waals surface area (Å²) in [5, 5.41) is 3.32. The fourth-order valence-electron chi connectivity index (χ4n) is 3.86. The lowest BCUT2D eigenvalue weighted by atomic mass is 9.95. The number of urea groups is 1. The van der Waals surface area contributed by atoms with Crippen LogP contribution in [-0.2, 0) is 4.79 Å². The molecule has 7 heteroatoms. The largest absolute Gasteiger partial charge is 0.337 e. The van der Waals surface area contributed by atoms with E-state index in [-0.39, 0.29) is 36.3 Å². The van der Waals surface area contributed by atoms with Gasteiger partial charge in [-0.1, -0.05) is 0 Å². The number of piperazine rings is 1. The highest BCUT2D eigenvalue weighted by molar-refractivity contribution is 5.85. The maximum absolute atomic E-state index is 12.8. The highest BCUT2D eigenvalue weighted by Gasteiger charge is 2.35. The molecule has 23 heavy (non-hydrogen) atoms. The summed E-state index contributed by atoms with van der Waals surface area (Å²) in [5.74, 6) is 0.230. The van der Waals surface area contributed by atoms with Gasteiger partial charge in [-0.15, -0.1) is 12.4 Å². The number of hydrogen-bond donors (Lipinski definition) is 1. The summed E-state index contributed by atoms with van der Waals surface area (Å²) < 4.78 is 0. The van der Waals surface area contributed by atoms with E-state index < -0.39 is 0 Å². The lowest BCUT2D eigenvalue weighted by Gasteiger charge is -2.40. The van der Waals surface area contributed by atoms with Gasteiger partial charge >= 0.3 is 6.03 Å². The van der Waals surface area contributed by atoms with Crippen molar-refractivity contribution >= 4 is 24.3 Å². The normalized spacial score (nSPS) is 28.5. The minimum absolute atomic E-state index is 0. The van der Waals surface area contributed by atoms with Crippen LogP contribution in [0.2, 0.25) is 0 Å². The highest BCUT2D eigenvalue weighted by atomic mass is 35.5. The first-order valence-corrected chi connectivity index (χ1v) is 8.72. The van der Waals surface area contributed by atoms with Crippen LogP contribution in [0.3, 0.4) is 0 Å². The number of carbonyl (C=O) groups excluding carboxylic acids is 2. The number of carbonyl (C=O) groups is 2. The van der Waals surface area contributed by atoms with Crippen LogP contribution in [0.25, 0.3) is 0 Å². The van der Waals surface area contributed by atoms with Crippen LogP contribution in [-0.4, -0.2) is 78.5 Å². The number of piperidine rings is 1. The molecule has 132 valence electrons. The van der Waals surface area contributed by atoms with Crippen LogP contribution in [0.1, 0.15) is 32.6 Å². The van der Waals surface area contributed by atoms with Crippen LogP contribution in [0.5, 0.6) is 0 Å². The van der Waals surface area contributed by atoms with Gasteiger partial charge in [0.25, 0.3) is 0 Å². The molecular weight excluding hydrogens is 316 g/mol. The molecule has 0 aliphatic carbocycles. The highest BCUT2D eigenvalue weighted by Crippen LogP contribution is 2.22. The predicted molar refractivity (Wildman–Crippen MR) is 91.8 cm³/mol. The van der Waals surface area contributed by atoms with Gasteiger partial charge in [-0.2, -0.15) is 0 Å². The molecule has 0 spiro atoms. The lowest BCUT2D eigenvalue weighted by Crippen LogP contribution is -2.56. The van der Waals surface area contributed by atoms with Gasteiger partial charge in [0.2, 0.25) is 5.91 Å². The Morgan fingerprint density at radius 2 is 1.70 bits per heavy atom. The van der Waals surface area contributed by atoms with E-state index in [9.17, 15) is 9.59 Å². The Labute approximate surface area is 145 Å². The Morgan fingerprint density at radius 3 is 2.39 bits per heavy atom. The van der Waals surface area contributed by atoms with Crippen molar-refractivity contribution in [1.29, 1.82) is 0 Å². The van der Waals surface area contributed by atoms with E-state index in [2.05, 4.69) is 12.2 Å². The Morgan fingerprint density at radius 1 is 1.00 bits per heavy atom. The number of hydrogen-bond acceptors (Lipinski definition) is 3. The number of halogens is 1. The summed E-state index contributed by atoms with van der Waals surface area (Å²) in [6.45, 7) is 7.79. The second-order valence-electron chi connectivity index (χ2n) is 6.85. The van der Waals surface area contributed by atoms with Crippen LogP contribution < -0.4 is 5.32 Å². The van der Waals surface area contributed by atoms with E-state index in [1.165, 1.54) is 0 Å². The first-order valence-electron chi connectivity index (χ1n) is 8.72. The molecule has 3 aliphatic heterocycles. The molecule has 0 radical (unpaired) electrons. The molecule has 3 heterocycles. The zero-order valence-electron chi connectivity index (χ0n) is 14.0. The van der Waals surface area contributed by atoms with Crippen LogP contribution in [0.15, 0.2) is 0 Å². The molecule has 3 rings (SSSR count).